The zero-order chi connectivity index (χ0) is 14.5. The van der Waals surface area contributed by atoms with Gasteiger partial charge < -0.3 is 19.9 Å². The third-order valence-electron chi connectivity index (χ3n) is 2.20. The minimum atomic E-state index is -1.01. The molecule has 6 heteroatoms. The summed E-state index contributed by atoms with van der Waals surface area (Å²) in [6.07, 6.45) is 4.03. The Kier molecular flexibility index (Phi) is 10.8. The van der Waals surface area contributed by atoms with E-state index >= 15 is 0 Å². The van der Waals surface area contributed by atoms with Gasteiger partial charge in [0.25, 0.3) is 0 Å². The fourth-order valence-electron chi connectivity index (χ4n) is 1.10. The van der Waals surface area contributed by atoms with Crippen molar-refractivity contribution in [3.8, 4) is 0 Å². The Morgan fingerprint density at radius 1 is 1.32 bits per heavy atom. The highest BCUT2D eigenvalue weighted by Gasteiger charge is 2.19. The first-order valence-electron chi connectivity index (χ1n) is 6.44. The van der Waals surface area contributed by atoms with Crippen LogP contribution in [0.15, 0.2) is 12.7 Å². The van der Waals surface area contributed by atoms with Crippen molar-refractivity contribution in [3.05, 3.63) is 12.7 Å². The number of rotatable bonds is 10. The molecule has 19 heavy (non-hydrogen) atoms. The third-order valence-corrected chi connectivity index (χ3v) is 2.20. The molecular weight excluding hydrogens is 250 g/mol. The lowest BCUT2D eigenvalue weighted by atomic mass is 10.3. The number of ether oxygens (including phenoxy) is 3. The van der Waals surface area contributed by atoms with Crippen LogP contribution in [0.1, 0.15) is 32.6 Å². The van der Waals surface area contributed by atoms with Crippen LogP contribution >= 0.6 is 0 Å². The Morgan fingerprint density at radius 2 is 2.05 bits per heavy atom. The van der Waals surface area contributed by atoms with Gasteiger partial charge in [0.2, 0.25) is 0 Å². The average Bonchev–Trinajstić information content (AvgIpc) is 2.38. The number of hydrogen-bond acceptors (Lipinski definition) is 6. The molecule has 0 unspecified atom stereocenters. The van der Waals surface area contributed by atoms with Crippen molar-refractivity contribution in [2.24, 2.45) is 5.73 Å². The molecule has 1 atom stereocenters. The molecule has 0 radical (unpaired) electrons. The molecule has 0 spiro atoms. The smallest absolute Gasteiger partial charge is 0.434 e. The minimum absolute atomic E-state index is 0.0121. The molecule has 2 N–H and O–H groups in total. The van der Waals surface area contributed by atoms with Crippen molar-refractivity contribution in [3.63, 3.8) is 0 Å². The zero-order valence-corrected chi connectivity index (χ0v) is 11.4. The van der Waals surface area contributed by atoms with E-state index in [0.29, 0.717) is 6.61 Å². The van der Waals surface area contributed by atoms with Crippen LogP contribution in [0.2, 0.25) is 0 Å². The Hall–Kier alpha value is -1.40. The second-order valence-corrected chi connectivity index (χ2v) is 3.99. The van der Waals surface area contributed by atoms with Gasteiger partial charge >= 0.3 is 12.1 Å². The molecule has 0 saturated heterocycles. The van der Waals surface area contributed by atoms with Gasteiger partial charge in [-0.05, 0) is 19.3 Å². The maximum absolute atomic E-state index is 11.4. The van der Waals surface area contributed by atoms with Crippen LogP contribution in [0.4, 0.5) is 4.79 Å². The largest absolute Gasteiger partial charge is 0.516 e. The summed E-state index contributed by atoms with van der Waals surface area (Å²) in [7, 11) is 0. The average molecular weight is 273 g/mol. The number of carbonyl (C=O) groups is 2. The van der Waals surface area contributed by atoms with Crippen molar-refractivity contribution in [1.82, 2.24) is 0 Å². The summed E-state index contributed by atoms with van der Waals surface area (Å²) in [6.45, 7) is 6.26. The molecular formula is C13H23NO5. The molecule has 0 aliphatic carbocycles. The highest BCUT2D eigenvalue weighted by atomic mass is 16.7. The van der Waals surface area contributed by atoms with E-state index in [1.165, 1.54) is 0 Å². The van der Waals surface area contributed by atoms with Gasteiger partial charge in [-0.25, -0.2) is 9.59 Å². The summed E-state index contributed by atoms with van der Waals surface area (Å²) in [4.78, 5) is 22.4. The van der Waals surface area contributed by atoms with Crippen LogP contribution in [-0.4, -0.2) is 38.0 Å². The van der Waals surface area contributed by atoms with Gasteiger partial charge in [-0.3, -0.25) is 0 Å². The summed E-state index contributed by atoms with van der Waals surface area (Å²) in [5, 5.41) is 0. The van der Waals surface area contributed by atoms with Gasteiger partial charge in [-0.2, -0.15) is 0 Å². The van der Waals surface area contributed by atoms with Gasteiger partial charge in [-0.15, -0.1) is 6.58 Å². The van der Waals surface area contributed by atoms with Crippen LogP contribution in [0.5, 0.6) is 0 Å². The fourth-order valence-corrected chi connectivity index (χ4v) is 1.10. The van der Waals surface area contributed by atoms with E-state index in [4.69, 9.17) is 10.5 Å². The van der Waals surface area contributed by atoms with Crippen molar-refractivity contribution < 1.29 is 23.8 Å². The first kappa shape index (κ1) is 17.6. The van der Waals surface area contributed by atoms with Crippen LogP contribution in [0.25, 0.3) is 0 Å². The molecule has 0 aromatic carbocycles. The number of esters is 1. The molecule has 0 fully saturated rings. The van der Waals surface area contributed by atoms with Crippen LogP contribution in [0, 0.1) is 0 Å². The maximum Gasteiger partial charge on any atom is 0.516 e. The number of carbonyl (C=O) groups excluding carboxylic acids is 2. The molecule has 0 aliphatic heterocycles. The van der Waals surface area contributed by atoms with Gasteiger partial charge in [0.1, 0.15) is 6.04 Å². The Labute approximate surface area is 113 Å². The van der Waals surface area contributed by atoms with Crippen molar-refractivity contribution >= 4 is 12.1 Å². The standard InChI is InChI=1S/C13H23NO5/c1-3-5-7-8-17-10-11(14)12(15)19-13(16)18-9-6-4-2/h3,11H,1,4-10,14H2,2H3/t11-/m0/s1. The summed E-state index contributed by atoms with van der Waals surface area (Å²) in [5.41, 5.74) is 5.51. The quantitative estimate of drug-likeness (QED) is 0.282. The lowest BCUT2D eigenvalue weighted by molar-refractivity contribution is -0.142. The highest BCUT2D eigenvalue weighted by molar-refractivity contribution is 5.85. The lowest BCUT2D eigenvalue weighted by Crippen LogP contribution is -2.38. The van der Waals surface area contributed by atoms with E-state index in [1.54, 1.807) is 6.08 Å². The summed E-state index contributed by atoms with van der Waals surface area (Å²) >= 11 is 0. The van der Waals surface area contributed by atoms with E-state index in [2.05, 4.69) is 16.1 Å². The zero-order valence-electron chi connectivity index (χ0n) is 11.4. The van der Waals surface area contributed by atoms with Crippen molar-refractivity contribution in [2.75, 3.05) is 19.8 Å². The molecule has 6 nitrogen and oxygen atoms in total. The van der Waals surface area contributed by atoms with E-state index in [0.717, 1.165) is 25.7 Å². The second-order valence-electron chi connectivity index (χ2n) is 3.99. The van der Waals surface area contributed by atoms with Crippen LogP contribution < -0.4 is 5.73 Å². The van der Waals surface area contributed by atoms with Crippen LogP contribution in [-0.2, 0) is 19.0 Å². The highest BCUT2D eigenvalue weighted by Crippen LogP contribution is 1.96. The fraction of sp³-hybridized carbons (Fsp3) is 0.692. The first-order chi connectivity index (χ1) is 9.11. The van der Waals surface area contributed by atoms with Gasteiger partial charge in [-0.1, -0.05) is 19.4 Å². The van der Waals surface area contributed by atoms with Gasteiger partial charge in [0, 0.05) is 6.61 Å². The lowest BCUT2D eigenvalue weighted by Gasteiger charge is -2.10. The van der Waals surface area contributed by atoms with E-state index in [-0.39, 0.29) is 13.2 Å². The number of hydrogen-bond donors (Lipinski definition) is 1. The Balaban J connectivity index is 3.68. The van der Waals surface area contributed by atoms with Crippen LogP contribution in [0.3, 0.4) is 0 Å². The molecule has 0 rings (SSSR count). The molecule has 0 aliphatic rings. The van der Waals surface area contributed by atoms with Gasteiger partial charge in [0.05, 0.1) is 13.2 Å². The van der Waals surface area contributed by atoms with E-state index < -0.39 is 18.2 Å². The van der Waals surface area contributed by atoms with E-state index in [1.807, 2.05) is 6.92 Å². The predicted molar refractivity (Wildman–Crippen MR) is 70.6 cm³/mol. The molecule has 0 bridgehead atoms. The topological polar surface area (TPSA) is 87.9 Å². The normalized spacial score (nSPS) is 11.7. The van der Waals surface area contributed by atoms with Gasteiger partial charge in [0.15, 0.2) is 0 Å². The van der Waals surface area contributed by atoms with Crippen molar-refractivity contribution in [2.45, 2.75) is 38.6 Å². The number of unbranched alkanes of at least 4 members (excludes halogenated alkanes) is 2. The monoisotopic (exact) mass is 273 g/mol. The first-order valence-corrected chi connectivity index (χ1v) is 6.44. The second kappa shape index (κ2) is 11.7. The summed E-state index contributed by atoms with van der Waals surface area (Å²) < 4.78 is 14.3. The summed E-state index contributed by atoms with van der Waals surface area (Å²) in [5.74, 6) is -0.842. The Morgan fingerprint density at radius 3 is 2.68 bits per heavy atom. The van der Waals surface area contributed by atoms with E-state index in [9.17, 15) is 9.59 Å². The minimum Gasteiger partial charge on any atom is -0.434 e. The molecule has 0 heterocycles. The summed E-state index contributed by atoms with van der Waals surface area (Å²) in [6, 6.07) is -0.984. The van der Waals surface area contributed by atoms with Crippen molar-refractivity contribution in [1.29, 1.82) is 0 Å². The Bertz CT molecular complexity index is 280. The predicted octanol–water partition coefficient (Wildman–Crippen LogP) is 1.78. The maximum atomic E-state index is 11.4. The third kappa shape index (κ3) is 10.2. The molecule has 110 valence electrons. The molecule has 0 amide bonds. The number of allylic oxidation sites excluding steroid dienone is 1. The molecule has 0 aromatic rings. The molecule has 0 saturated carbocycles. The molecule has 0 aromatic heterocycles. The number of nitrogens with two attached hydrogens (primary N) is 1. The SMILES string of the molecule is C=CCCCOC[C@H](N)C(=O)OC(=O)OCCCC.